The number of benzene rings is 2. The molecule has 0 radical (unpaired) electrons. The lowest BCUT2D eigenvalue weighted by molar-refractivity contribution is -0.0353. The fourth-order valence-corrected chi connectivity index (χ4v) is 4.00. The molecule has 0 aliphatic carbocycles. The standard InChI is InChI=1S/C25H30FN3O3/c1-18-8-9-19(24(14-18)30-3)16-29-11-13-32-25(17-29)22-15-20(28(2)27-22)10-12-31-23-7-5-4-6-21(23)26/h4-9,14-15,25H,10-13,16-17H2,1-3H3. The highest BCUT2D eigenvalue weighted by molar-refractivity contribution is 5.37. The van der Waals surface area contributed by atoms with E-state index >= 15 is 0 Å². The molecule has 170 valence electrons. The Balaban J connectivity index is 1.37. The number of hydrogen-bond acceptors (Lipinski definition) is 5. The number of morpholine rings is 1. The molecule has 4 rings (SSSR count). The first-order valence-corrected chi connectivity index (χ1v) is 10.9. The van der Waals surface area contributed by atoms with Gasteiger partial charge >= 0.3 is 0 Å². The van der Waals surface area contributed by atoms with E-state index in [1.807, 2.05) is 11.7 Å². The zero-order chi connectivity index (χ0) is 22.5. The van der Waals surface area contributed by atoms with Crippen LogP contribution in [-0.2, 0) is 24.8 Å². The van der Waals surface area contributed by atoms with Crippen LogP contribution in [0.25, 0.3) is 0 Å². The molecule has 6 nitrogen and oxygen atoms in total. The highest BCUT2D eigenvalue weighted by Crippen LogP contribution is 2.26. The van der Waals surface area contributed by atoms with Crippen LogP contribution in [0, 0.1) is 12.7 Å². The summed E-state index contributed by atoms with van der Waals surface area (Å²) in [4.78, 5) is 2.37. The first kappa shape index (κ1) is 22.3. The van der Waals surface area contributed by atoms with E-state index in [1.54, 1.807) is 25.3 Å². The molecule has 1 atom stereocenters. The zero-order valence-corrected chi connectivity index (χ0v) is 18.9. The van der Waals surface area contributed by atoms with Gasteiger partial charge in [-0.25, -0.2) is 4.39 Å². The van der Waals surface area contributed by atoms with E-state index in [0.29, 0.717) is 19.6 Å². The van der Waals surface area contributed by atoms with Gasteiger partial charge in [0, 0.05) is 44.4 Å². The minimum atomic E-state index is -0.348. The van der Waals surface area contributed by atoms with Gasteiger partial charge in [0.15, 0.2) is 11.6 Å². The molecule has 2 aromatic carbocycles. The zero-order valence-electron chi connectivity index (χ0n) is 18.9. The number of aromatic nitrogens is 2. The van der Waals surface area contributed by atoms with Gasteiger partial charge in [0.25, 0.3) is 0 Å². The maximum absolute atomic E-state index is 13.7. The third-order valence-corrected chi connectivity index (χ3v) is 5.77. The van der Waals surface area contributed by atoms with Gasteiger partial charge < -0.3 is 14.2 Å². The Labute approximate surface area is 188 Å². The summed E-state index contributed by atoms with van der Waals surface area (Å²) in [6.45, 7) is 5.53. The van der Waals surface area contributed by atoms with Crippen LogP contribution in [0.5, 0.6) is 11.5 Å². The Morgan fingerprint density at radius 1 is 1.16 bits per heavy atom. The number of hydrogen-bond donors (Lipinski definition) is 0. The molecule has 7 heteroatoms. The molecule has 0 N–H and O–H groups in total. The molecule has 0 saturated carbocycles. The molecular weight excluding hydrogens is 409 g/mol. The number of ether oxygens (including phenoxy) is 3. The molecule has 2 heterocycles. The summed E-state index contributed by atoms with van der Waals surface area (Å²) in [5.74, 6) is 0.842. The summed E-state index contributed by atoms with van der Waals surface area (Å²) in [7, 11) is 3.63. The maximum atomic E-state index is 13.7. The van der Waals surface area contributed by atoms with E-state index in [2.05, 4.69) is 41.2 Å². The molecule has 0 bridgehead atoms. The number of halogens is 1. The van der Waals surface area contributed by atoms with Crippen LogP contribution in [0.3, 0.4) is 0 Å². The SMILES string of the molecule is COc1cc(C)ccc1CN1CCOC(c2cc(CCOc3ccccc3F)n(C)n2)C1. The van der Waals surface area contributed by atoms with Gasteiger partial charge in [-0.05, 0) is 36.8 Å². The van der Waals surface area contributed by atoms with Crippen molar-refractivity contribution in [2.24, 2.45) is 7.05 Å². The van der Waals surface area contributed by atoms with Crippen molar-refractivity contribution in [2.45, 2.75) is 26.0 Å². The summed E-state index contributed by atoms with van der Waals surface area (Å²) in [6, 6.07) is 14.8. The molecular formula is C25H30FN3O3. The molecule has 32 heavy (non-hydrogen) atoms. The van der Waals surface area contributed by atoms with Crippen LogP contribution in [0.1, 0.15) is 28.6 Å². The third kappa shape index (κ3) is 5.29. The lowest BCUT2D eigenvalue weighted by atomic mass is 10.1. The van der Waals surface area contributed by atoms with E-state index < -0.39 is 0 Å². The van der Waals surface area contributed by atoms with Crippen LogP contribution in [0.15, 0.2) is 48.5 Å². The largest absolute Gasteiger partial charge is 0.496 e. The van der Waals surface area contributed by atoms with Crippen molar-refractivity contribution in [3.8, 4) is 11.5 Å². The Morgan fingerprint density at radius 2 is 2.00 bits per heavy atom. The van der Waals surface area contributed by atoms with Gasteiger partial charge in [0.2, 0.25) is 0 Å². The second-order valence-corrected chi connectivity index (χ2v) is 8.12. The van der Waals surface area contributed by atoms with Crippen molar-refractivity contribution >= 4 is 0 Å². The van der Waals surface area contributed by atoms with Crippen molar-refractivity contribution < 1.29 is 18.6 Å². The highest BCUT2D eigenvalue weighted by Gasteiger charge is 2.25. The lowest BCUT2D eigenvalue weighted by Crippen LogP contribution is -2.38. The maximum Gasteiger partial charge on any atom is 0.165 e. The van der Waals surface area contributed by atoms with Gasteiger partial charge in [-0.3, -0.25) is 9.58 Å². The number of para-hydroxylation sites is 1. The summed E-state index contributed by atoms with van der Waals surface area (Å²) in [6.07, 6.45) is 0.544. The van der Waals surface area contributed by atoms with Crippen molar-refractivity contribution in [1.82, 2.24) is 14.7 Å². The molecule has 1 aliphatic heterocycles. The Kier molecular flexibility index (Phi) is 7.07. The van der Waals surface area contributed by atoms with E-state index in [1.165, 1.54) is 17.2 Å². The summed E-state index contributed by atoms with van der Waals surface area (Å²) in [5, 5.41) is 4.68. The fourth-order valence-electron chi connectivity index (χ4n) is 4.00. The number of aryl methyl sites for hydroxylation is 2. The molecule has 1 aromatic heterocycles. The predicted molar refractivity (Wildman–Crippen MR) is 121 cm³/mol. The van der Waals surface area contributed by atoms with E-state index in [0.717, 1.165) is 36.8 Å². The fraction of sp³-hybridized carbons (Fsp3) is 0.400. The monoisotopic (exact) mass is 439 g/mol. The normalized spacial score (nSPS) is 16.8. The van der Waals surface area contributed by atoms with E-state index in [4.69, 9.17) is 14.2 Å². The second kappa shape index (κ2) is 10.1. The smallest absolute Gasteiger partial charge is 0.165 e. The number of nitrogens with zero attached hydrogens (tertiary/aromatic N) is 3. The second-order valence-electron chi connectivity index (χ2n) is 8.12. The Morgan fingerprint density at radius 3 is 2.81 bits per heavy atom. The van der Waals surface area contributed by atoms with Gasteiger partial charge in [0.05, 0.1) is 26.0 Å². The molecule has 1 saturated heterocycles. The molecule has 1 unspecified atom stereocenters. The lowest BCUT2D eigenvalue weighted by Gasteiger charge is -2.32. The van der Waals surface area contributed by atoms with Crippen LogP contribution in [0.4, 0.5) is 4.39 Å². The molecule has 3 aromatic rings. The predicted octanol–water partition coefficient (Wildman–Crippen LogP) is 4.07. The van der Waals surface area contributed by atoms with E-state index in [-0.39, 0.29) is 17.7 Å². The van der Waals surface area contributed by atoms with E-state index in [9.17, 15) is 4.39 Å². The van der Waals surface area contributed by atoms with Crippen molar-refractivity contribution in [3.63, 3.8) is 0 Å². The van der Waals surface area contributed by atoms with Crippen LogP contribution < -0.4 is 9.47 Å². The van der Waals surface area contributed by atoms with Crippen LogP contribution in [-0.4, -0.2) is 48.1 Å². The van der Waals surface area contributed by atoms with Crippen molar-refractivity contribution in [2.75, 3.05) is 33.4 Å². The first-order chi connectivity index (χ1) is 15.5. The quantitative estimate of drug-likeness (QED) is 0.530. The van der Waals surface area contributed by atoms with Gasteiger partial charge in [-0.15, -0.1) is 0 Å². The minimum Gasteiger partial charge on any atom is -0.496 e. The number of rotatable bonds is 8. The topological polar surface area (TPSA) is 48.8 Å². The summed E-state index contributed by atoms with van der Waals surface area (Å²) in [5.41, 5.74) is 4.29. The summed E-state index contributed by atoms with van der Waals surface area (Å²) >= 11 is 0. The Hall–Kier alpha value is -2.90. The van der Waals surface area contributed by atoms with Gasteiger partial charge in [0.1, 0.15) is 11.9 Å². The van der Waals surface area contributed by atoms with Gasteiger partial charge in [-0.1, -0.05) is 24.3 Å². The average Bonchev–Trinajstić information content (AvgIpc) is 3.17. The van der Waals surface area contributed by atoms with Crippen molar-refractivity contribution in [1.29, 1.82) is 0 Å². The molecule has 0 amide bonds. The first-order valence-electron chi connectivity index (χ1n) is 10.9. The molecule has 1 aliphatic rings. The minimum absolute atomic E-state index is 0.0902. The molecule has 0 spiro atoms. The van der Waals surface area contributed by atoms with Gasteiger partial charge in [-0.2, -0.15) is 5.10 Å². The Bertz CT molecular complexity index is 1050. The summed E-state index contributed by atoms with van der Waals surface area (Å²) < 4.78 is 32.8. The number of methoxy groups -OCH3 is 1. The highest BCUT2D eigenvalue weighted by atomic mass is 19.1. The average molecular weight is 440 g/mol. The third-order valence-electron chi connectivity index (χ3n) is 5.77. The van der Waals surface area contributed by atoms with Crippen LogP contribution >= 0.6 is 0 Å². The van der Waals surface area contributed by atoms with Crippen LogP contribution in [0.2, 0.25) is 0 Å². The molecule has 1 fully saturated rings. The van der Waals surface area contributed by atoms with Crippen molar-refractivity contribution in [3.05, 3.63) is 76.9 Å².